The fourth-order valence-corrected chi connectivity index (χ4v) is 2.31. The zero-order valence-electron chi connectivity index (χ0n) is 10.2. The number of thiocarbonyl (C=S) groups is 1. The minimum atomic E-state index is -0.149. The first-order chi connectivity index (χ1) is 8.63. The van der Waals surface area contributed by atoms with E-state index in [2.05, 4.69) is 10.3 Å². The van der Waals surface area contributed by atoms with Crippen molar-refractivity contribution in [2.24, 2.45) is 5.73 Å². The van der Waals surface area contributed by atoms with Gasteiger partial charge in [0.05, 0.1) is 5.69 Å². The first-order valence-electron chi connectivity index (χ1n) is 5.88. The number of carbonyl (C=O) groups is 1. The lowest BCUT2D eigenvalue weighted by Crippen LogP contribution is -2.42. The van der Waals surface area contributed by atoms with E-state index in [9.17, 15) is 4.79 Å². The van der Waals surface area contributed by atoms with Crippen molar-refractivity contribution in [3.05, 3.63) is 23.9 Å². The summed E-state index contributed by atoms with van der Waals surface area (Å²) in [7, 11) is 1.65. The Kier molecular flexibility index (Phi) is 3.76. The molecule has 1 unspecified atom stereocenters. The number of hydrogen-bond donors (Lipinski definition) is 2. The van der Waals surface area contributed by atoms with Crippen LogP contribution in [0.4, 0.5) is 5.82 Å². The summed E-state index contributed by atoms with van der Waals surface area (Å²) in [6.45, 7) is 0.825. The van der Waals surface area contributed by atoms with Gasteiger partial charge in [0.15, 0.2) is 0 Å². The van der Waals surface area contributed by atoms with Crippen LogP contribution in [-0.2, 0) is 4.79 Å². The van der Waals surface area contributed by atoms with E-state index in [-0.39, 0.29) is 16.9 Å². The van der Waals surface area contributed by atoms with Crippen LogP contribution in [0.5, 0.6) is 0 Å². The molecule has 1 amide bonds. The predicted molar refractivity (Wildman–Crippen MR) is 74.6 cm³/mol. The average Bonchev–Trinajstić information content (AvgIpc) is 2.87. The molecule has 0 aliphatic carbocycles. The van der Waals surface area contributed by atoms with Crippen LogP contribution >= 0.6 is 12.2 Å². The third-order valence-corrected chi connectivity index (χ3v) is 3.29. The smallest absolute Gasteiger partial charge is 0.242 e. The molecule has 1 fully saturated rings. The second-order valence-corrected chi connectivity index (χ2v) is 4.65. The van der Waals surface area contributed by atoms with Gasteiger partial charge in [-0.2, -0.15) is 0 Å². The van der Waals surface area contributed by atoms with Crippen molar-refractivity contribution >= 4 is 28.9 Å². The van der Waals surface area contributed by atoms with Crippen molar-refractivity contribution in [1.82, 2.24) is 10.3 Å². The predicted octanol–water partition coefficient (Wildman–Crippen LogP) is 0.431. The largest absolute Gasteiger partial charge is 0.388 e. The molecule has 6 heteroatoms. The minimum absolute atomic E-state index is 0.0232. The number of carbonyl (C=O) groups excluding carboxylic acids is 1. The van der Waals surface area contributed by atoms with Crippen molar-refractivity contribution in [2.75, 3.05) is 18.5 Å². The Morgan fingerprint density at radius 1 is 1.61 bits per heavy atom. The lowest BCUT2D eigenvalue weighted by atomic mass is 10.2. The van der Waals surface area contributed by atoms with Crippen LogP contribution in [0.2, 0.25) is 0 Å². The molecule has 0 saturated carbocycles. The summed E-state index contributed by atoms with van der Waals surface area (Å²) in [6.07, 6.45) is 1.83. The number of likely N-dealkylation sites (N-methyl/N-ethyl adjacent to an activating group) is 1. The van der Waals surface area contributed by atoms with Crippen LogP contribution in [0, 0.1) is 0 Å². The number of nitrogens with two attached hydrogens (primary N) is 1. The van der Waals surface area contributed by atoms with Crippen LogP contribution in [0.15, 0.2) is 18.2 Å². The molecule has 1 aromatic heterocycles. The highest BCUT2D eigenvalue weighted by atomic mass is 32.1. The Morgan fingerprint density at radius 2 is 2.39 bits per heavy atom. The molecule has 18 heavy (non-hydrogen) atoms. The van der Waals surface area contributed by atoms with E-state index in [1.807, 2.05) is 17.0 Å². The van der Waals surface area contributed by atoms with E-state index >= 15 is 0 Å². The Balaban J connectivity index is 2.27. The molecule has 1 aliphatic rings. The summed E-state index contributed by atoms with van der Waals surface area (Å²) in [5.74, 6) is 0.779. The van der Waals surface area contributed by atoms with Crippen molar-refractivity contribution in [3.8, 4) is 0 Å². The summed E-state index contributed by atoms with van der Waals surface area (Å²) in [6, 6.07) is 5.36. The highest BCUT2D eigenvalue weighted by molar-refractivity contribution is 7.80. The van der Waals surface area contributed by atoms with E-state index in [1.165, 1.54) is 0 Å². The third-order valence-electron chi connectivity index (χ3n) is 3.08. The lowest BCUT2D eigenvalue weighted by Gasteiger charge is -2.24. The number of rotatable bonds is 3. The van der Waals surface area contributed by atoms with Crippen molar-refractivity contribution in [1.29, 1.82) is 0 Å². The fraction of sp³-hybridized carbons (Fsp3) is 0.417. The monoisotopic (exact) mass is 264 g/mol. The van der Waals surface area contributed by atoms with Crippen LogP contribution < -0.4 is 16.0 Å². The summed E-state index contributed by atoms with van der Waals surface area (Å²) >= 11 is 4.92. The Bertz CT molecular complexity index is 477. The summed E-state index contributed by atoms with van der Waals surface area (Å²) < 4.78 is 0. The van der Waals surface area contributed by atoms with E-state index in [0.29, 0.717) is 5.69 Å². The van der Waals surface area contributed by atoms with Gasteiger partial charge in [-0.15, -0.1) is 0 Å². The van der Waals surface area contributed by atoms with Gasteiger partial charge >= 0.3 is 0 Å². The number of aromatic nitrogens is 1. The Morgan fingerprint density at radius 3 is 3.06 bits per heavy atom. The van der Waals surface area contributed by atoms with Gasteiger partial charge in [0.1, 0.15) is 16.8 Å². The molecule has 2 heterocycles. The maximum absolute atomic E-state index is 11.8. The lowest BCUT2D eigenvalue weighted by molar-refractivity contribution is -0.121. The number of anilines is 1. The maximum Gasteiger partial charge on any atom is 0.242 e. The van der Waals surface area contributed by atoms with Crippen LogP contribution in [0.3, 0.4) is 0 Å². The van der Waals surface area contributed by atoms with E-state index < -0.39 is 0 Å². The highest BCUT2D eigenvalue weighted by Crippen LogP contribution is 2.24. The molecule has 0 aromatic carbocycles. The van der Waals surface area contributed by atoms with Crippen LogP contribution in [-0.4, -0.2) is 35.5 Å². The number of hydrogen-bond acceptors (Lipinski definition) is 4. The zero-order valence-corrected chi connectivity index (χ0v) is 11.0. The molecular formula is C12H16N4OS. The van der Waals surface area contributed by atoms with E-state index in [1.54, 1.807) is 13.1 Å². The van der Waals surface area contributed by atoms with E-state index in [0.717, 1.165) is 25.2 Å². The number of pyridine rings is 1. The molecule has 1 saturated heterocycles. The molecule has 1 atom stereocenters. The topological polar surface area (TPSA) is 71.2 Å². The molecule has 1 aliphatic heterocycles. The molecular weight excluding hydrogens is 248 g/mol. The average molecular weight is 264 g/mol. The van der Waals surface area contributed by atoms with Gasteiger partial charge in [0.2, 0.25) is 5.91 Å². The standard InChI is InChI=1S/C12H16N4OS/c1-14-12(17)9-5-3-7-16(9)10-6-2-4-8(15-10)11(13)18/h2,4,6,9H,3,5,7H2,1H3,(H2,13,18)(H,14,17). The van der Waals surface area contributed by atoms with Gasteiger partial charge in [-0.3, -0.25) is 4.79 Å². The van der Waals surface area contributed by atoms with Crippen molar-refractivity contribution < 1.29 is 4.79 Å². The van der Waals surface area contributed by atoms with Crippen molar-refractivity contribution in [3.63, 3.8) is 0 Å². The third kappa shape index (κ3) is 2.43. The maximum atomic E-state index is 11.8. The molecule has 0 bridgehead atoms. The molecule has 96 valence electrons. The highest BCUT2D eigenvalue weighted by Gasteiger charge is 2.30. The normalized spacial score (nSPS) is 18.7. The Hall–Kier alpha value is -1.69. The zero-order chi connectivity index (χ0) is 13.1. The van der Waals surface area contributed by atoms with Crippen molar-refractivity contribution in [2.45, 2.75) is 18.9 Å². The molecule has 0 spiro atoms. The van der Waals surface area contributed by atoms with Gasteiger partial charge < -0.3 is 16.0 Å². The molecule has 2 rings (SSSR count). The summed E-state index contributed by atoms with van der Waals surface area (Å²) in [5, 5.41) is 2.69. The van der Waals surface area contributed by atoms with Gasteiger partial charge in [-0.25, -0.2) is 4.98 Å². The molecule has 5 nitrogen and oxygen atoms in total. The fourth-order valence-electron chi connectivity index (χ4n) is 2.20. The second-order valence-electron chi connectivity index (χ2n) is 4.21. The van der Waals surface area contributed by atoms with Crippen LogP contribution in [0.1, 0.15) is 18.5 Å². The van der Waals surface area contributed by atoms with Gasteiger partial charge in [0, 0.05) is 13.6 Å². The number of nitrogens with zero attached hydrogens (tertiary/aromatic N) is 2. The number of nitrogens with one attached hydrogen (secondary N) is 1. The second kappa shape index (κ2) is 5.30. The minimum Gasteiger partial charge on any atom is -0.388 e. The molecule has 1 aromatic rings. The summed E-state index contributed by atoms with van der Waals surface area (Å²) in [5.41, 5.74) is 6.16. The quantitative estimate of drug-likeness (QED) is 0.775. The van der Waals surface area contributed by atoms with Gasteiger partial charge in [-0.05, 0) is 25.0 Å². The first kappa shape index (κ1) is 12.8. The van der Waals surface area contributed by atoms with Crippen LogP contribution in [0.25, 0.3) is 0 Å². The van der Waals surface area contributed by atoms with E-state index in [4.69, 9.17) is 18.0 Å². The Labute approximate surface area is 111 Å². The molecule has 3 N–H and O–H groups in total. The SMILES string of the molecule is CNC(=O)C1CCCN1c1cccc(C(N)=S)n1. The number of amides is 1. The molecule has 0 radical (unpaired) electrons. The van der Waals surface area contributed by atoms with Gasteiger partial charge in [0.25, 0.3) is 0 Å². The summed E-state index contributed by atoms with van der Waals surface area (Å²) in [4.78, 5) is 18.5. The van der Waals surface area contributed by atoms with Gasteiger partial charge in [-0.1, -0.05) is 18.3 Å². The first-order valence-corrected chi connectivity index (χ1v) is 6.29.